The van der Waals surface area contributed by atoms with Gasteiger partial charge < -0.3 is 29.9 Å². The number of benzene rings is 1. The number of hydrogen-bond acceptors (Lipinski definition) is 6. The molecule has 32 heavy (non-hydrogen) atoms. The van der Waals surface area contributed by atoms with Crippen LogP contribution in [-0.4, -0.2) is 64.2 Å². The lowest BCUT2D eigenvalue weighted by atomic mass is 9.70. The highest BCUT2D eigenvalue weighted by molar-refractivity contribution is 5.49. The molecule has 6 nitrogen and oxygen atoms in total. The van der Waals surface area contributed by atoms with Crippen molar-refractivity contribution in [3.05, 3.63) is 52.6 Å². The molecule has 1 aromatic rings. The van der Waals surface area contributed by atoms with Gasteiger partial charge in [0.15, 0.2) is 0 Å². The van der Waals surface area contributed by atoms with Crippen LogP contribution in [0.5, 0.6) is 5.75 Å². The largest absolute Gasteiger partial charge is 0.493 e. The van der Waals surface area contributed by atoms with E-state index in [2.05, 4.69) is 37.3 Å². The maximum Gasteiger partial charge on any atom is 0.123 e. The van der Waals surface area contributed by atoms with E-state index in [0.717, 1.165) is 30.8 Å². The minimum Gasteiger partial charge on any atom is -0.493 e. The summed E-state index contributed by atoms with van der Waals surface area (Å²) in [6, 6.07) is 6.53. The van der Waals surface area contributed by atoms with Crippen LogP contribution in [0.15, 0.2) is 41.5 Å². The Labute approximate surface area is 189 Å². The Bertz CT molecular complexity index is 946. The topological polar surface area (TPSA) is 99.4 Å². The number of aliphatic hydroxyl groups is 4. The van der Waals surface area contributed by atoms with E-state index in [1.54, 1.807) is 0 Å². The lowest BCUT2D eigenvalue weighted by Crippen LogP contribution is -2.62. The molecule has 1 saturated heterocycles. The number of ether oxygens (including phenoxy) is 2. The highest BCUT2D eigenvalue weighted by atomic mass is 16.5. The summed E-state index contributed by atoms with van der Waals surface area (Å²) in [4.78, 5) is 0. The van der Waals surface area contributed by atoms with Crippen LogP contribution in [0, 0.1) is 5.41 Å². The lowest BCUT2D eigenvalue weighted by molar-refractivity contribution is -0.248. The normalized spacial score (nSPS) is 37.9. The van der Waals surface area contributed by atoms with Crippen LogP contribution in [0.2, 0.25) is 0 Å². The fourth-order valence-electron chi connectivity index (χ4n) is 5.72. The molecule has 1 spiro atoms. The molecule has 1 unspecified atom stereocenters. The first-order valence-corrected chi connectivity index (χ1v) is 11.7. The number of fused-ring (bicyclic) bond motifs is 2. The third kappa shape index (κ3) is 3.62. The van der Waals surface area contributed by atoms with Crippen molar-refractivity contribution in [3.63, 3.8) is 0 Å². The Balaban J connectivity index is 1.42. The molecule has 2 aliphatic heterocycles. The van der Waals surface area contributed by atoms with Gasteiger partial charge in [0.2, 0.25) is 0 Å². The van der Waals surface area contributed by atoms with E-state index < -0.39 is 42.5 Å². The zero-order chi connectivity index (χ0) is 22.7. The SMILES string of the molecule is CC1=CCC(C)([C@@H]2O[C@H](CO)[C@@H](O)[C@H](O)[C@H]2O)C=C1Cc1ccc2c(c1)C1(CCO2)CC1. The highest BCUT2D eigenvalue weighted by Crippen LogP contribution is 2.56. The average molecular weight is 443 g/mol. The minimum absolute atomic E-state index is 0.320. The number of hydrogen-bond donors (Lipinski definition) is 4. The van der Waals surface area contributed by atoms with E-state index >= 15 is 0 Å². The molecule has 1 aromatic carbocycles. The van der Waals surface area contributed by atoms with Crippen LogP contribution in [-0.2, 0) is 16.6 Å². The van der Waals surface area contributed by atoms with Gasteiger partial charge in [0.25, 0.3) is 0 Å². The molecule has 174 valence electrons. The predicted molar refractivity (Wildman–Crippen MR) is 120 cm³/mol. The summed E-state index contributed by atoms with van der Waals surface area (Å²) >= 11 is 0. The fourth-order valence-corrected chi connectivity index (χ4v) is 5.72. The van der Waals surface area contributed by atoms with Crippen molar-refractivity contribution in [3.8, 4) is 5.75 Å². The number of rotatable bonds is 4. The Morgan fingerprint density at radius 1 is 1.06 bits per heavy atom. The Morgan fingerprint density at radius 3 is 2.56 bits per heavy atom. The molecule has 5 rings (SSSR count). The fraction of sp³-hybridized carbons (Fsp3) is 0.615. The standard InChI is InChI=1S/C26H34O6/c1-15-5-6-25(2,24-23(30)22(29)21(28)20(14-27)32-24)13-17(15)11-16-3-4-19-18(12-16)26(7-8-26)9-10-31-19/h3-5,12-13,20-24,27-30H,6-11,14H2,1-2H3/t20-,21-,22+,23-,24-,25?/m1/s1. The second-order valence-corrected chi connectivity index (χ2v) is 10.4. The van der Waals surface area contributed by atoms with Crippen LogP contribution in [0.4, 0.5) is 0 Å². The number of allylic oxidation sites excluding steroid dienone is 3. The minimum atomic E-state index is -1.36. The third-order valence-corrected chi connectivity index (χ3v) is 8.10. The summed E-state index contributed by atoms with van der Waals surface area (Å²) in [6.45, 7) is 4.49. The summed E-state index contributed by atoms with van der Waals surface area (Å²) in [7, 11) is 0. The summed E-state index contributed by atoms with van der Waals surface area (Å²) in [5.41, 5.74) is 4.69. The number of aliphatic hydroxyl groups excluding tert-OH is 4. The second-order valence-electron chi connectivity index (χ2n) is 10.4. The third-order valence-electron chi connectivity index (χ3n) is 8.10. The molecule has 0 amide bonds. The van der Waals surface area contributed by atoms with Crippen molar-refractivity contribution in [2.24, 2.45) is 5.41 Å². The predicted octanol–water partition coefficient (Wildman–Crippen LogP) is 2.17. The first kappa shape index (κ1) is 22.1. The van der Waals surface area contributed by atoms with E-state index in [0.29, 0.717) is 11.8 Å². The van der Waals surface area contributed by atoms with E-state index in [1.807, 2.05) is 6.92 Å². The maximum absolute atomic E-state index is 10.7. The van der Waals surface area contributed by atoms with E-state index in [4.69, 9.17) is 9.47 Å². The Morgan fingerprint density at radius 2 is 1.84 bits per heavy atom. The molecule has 0 radical (unpaired) electrons. The van der Waals surface area contributed by atoms with Gasteiger partial charge in [-0.1, -0.05) is 36.8 Å². The summed E-state index contributed by atoms with van der Waals surface area (Å²) in [5, 5.41) is 40.7. The lowest BCUT2D eigenvalue weighted by Gasteiger charge is -2.47. The van der Waals surface area contributed by atoms with Crippen LogP contribution in [0.3, 0.4) is 0 Å². The first-order valence-electron chi connectivity index (χ1n) is 11.7. The van der Waals surface area contributed by atoms with Crippen molar-refractivity contribution in [1.82, 2.24) is 0 Å². The molecule has 1 saturated carbocycles. The van der Waals surface area contributed by atoms with Gasteiger partial charge in [-0.2, -0.15) is 0 Å². The van der Waals surface area contributed by atoms with Gasteiger partial charge in [-0.25, -0.2) is 0 Å². The van der Waals surface area contributed by atoms with Gasteiger partial charge in [-0.05, 0) is 56.2 Å². The summed E-state index contributed by atoms with van der Waals surface area (Å²) < 4.78 is 11.8. The van der Waals surface area contributed by atoms with Crippen molar-refractivity contribution in [2.45, 2.75) is 81.9 Å². The van der Waals surface area contributed by atoms with Gasteiger partial charge in [0.1, 0.15) is 30.2 Å². The monoisotopic (exact) mass is 442 g/mol. The molecule has 6 heteroatoms. The molecule has 2 aliphatic carbocycles. The Hall–Kier alpha value is -1.70. The molecule has 4 N–H and O–H groups in total. The highest BCUT2D eigenvalue weighted by Gasteiger charge is 2.50. The molecule has 6 atom stereocenters. The zero-order valence-electron chi connectivity index (χ0n) is 18.8. The second kappa shape index (κ2) is 7.96. The van der Waals surface area contributed by atoms with Crippen molar-refractivity contribution >= 4 is 0 Å². The smallest absolute Gasteiger partial charge is 0.123 e. The Kier molecular flexibility index (Phi) is 5.50. The van der Waals surface area contributed by atoms with Crippen LogP contribution < -0.4 is 4.74 Å². The maximum atomic E-state index is 10.7. The van der Waals surface area contributed by atoms with E-state index in [-0.39, 0.29) is 0 Å². The first-order chi connectivity index (χ1) is 15.3. The molecule has 0 bridgehead atoms. The summed E-state index contributed by atoms with van der Waals surface area (Å²) in [6.07, 6.45) is 3.72. The molecule has 2 fully saturated rings. The van der Waals surface area contributed by atoms with Crippen LogP contribution >= 0.6 is 0 Å². The summed E-state index contributed by atoms with van der Waals surface area (Å²) in [5.74, 6) is 1.02. The van der Waals surface area contributed by atoms with Gasteiger partial charge in [0, 0.05) is 16.4 Å². The van der Waals surface area contributed by atoms with E-state index in [1.165, 1.54) is 29.5 Å². The van der Waals surface area contributed by atoms with E-state index in [9.17, 15) is 20.4 Å². The van der Waals surface area contributed by atoms with Crippen molar-refractivity contribution in [2.75, 3.05) is 13.2 Å². The van der Waals surface area contributed by atoms with Crippen LogP contribution in [0.1, 0.15) is 50.7 Å². The molecule has 0 aromatic heterocycles. The van der Waals surface area contributed by atoms with Gasteiger partial charge >= 0.3 is 0 Å². The zero-order valence-corrected chi connectivity index (χ0v) is 18.8. The molecular formula is C26H34O6. The quantitative estimate of drug-likeness (QED) is 0.570. The molecule has 2 heterocycles. The average Bonchev–Trinajstić information content (AvgIpc) is 3.55. The van der Waals surface area contributed by atoms with Crippen molar-refractivity contribution < 1.29 is 29.9 Å². The van der Waals surface area contributed by atoms with Crippen molar-refractivity contribution in [1.29, 1.82) is 0 Å². The van der Waals surface area contributed by atoms with Gasteiger partial charge in [0.05, 0.1) is 19.3 Å². The van der Waals surface area contributed by atoms with Gasteiger partial charge in [-0.15, -0.1) is 0 Å². The molecule has 4 aliphatic rings. The molecular weight excluding hydrogens is 408 g/mol. The van der Waals surface area contributed by atoms with Gasteiger partial charge in [-0.3, -0.25) is 0 Å². The van der Waals surface area contributed by atoms with Crippen LogP contribution in [0.25, 0.3) is 0 Å².